The summed E-state index contributed by atoms with van der Waals surface area (Å²) >= 11 is 1.44. The Balaban J connectivity index is 1.50. The smallest absolute Gasteiger partial charge is 0.258 e. The summed E-state index contributed by atoms with van der Waals surface area (Å²) in [6, 6.07) is 20.5. The molecular formula is C22H19N3O2S. The van der Waals surface area contributed by atoms with Crippen molar-refractivity contribution in [3.63, 3.8) is 0 Å². The van der Waals surface area contributed by atoms with Crippen LogP contribution in [0.15, 0.2) is 82.8 Å². The number of amides is 2. The van der Waals surface area contributed by atoms with Crippen LogP contribution in [0.3, 0.4) is 0 Å². The average Bonchev–Trinajstić information content (AvgIpc) is 3.53. The fraction of sp³-hybridized carbons (Fsp3) is 0.136. The van der Waals surface area contributed by atoms with Crippen LogP contribution in [-0.2, 0) is 0 Å². The van der Waals surface area contributed by atoms with E-state index in [1.807, 2.05) is 30.3 Å². The predicted octanol–water partition coefficient (Wildman–Crippen LogP) is 4.38. The summed E-state index contributed by atoms with van der Waals surface area (Å²) in [6.45, 7) is 0. The summed E-state index contributed by atoms with van der Waals surface area (Å²) in [6.07, 6.45) is 3.74. The molecule has 0 radical (unpaired) electrons. The molecule has 140 valence electrons. The van der Waals surface area contributed by atoms with Crippen molar-refractivity contribution in [1.82, 2.24) is 10.3 Å². The Kier molecular flexibility index (Phi) is 5.39. The summed E-state index contributed by atoms with van der Waals surface area (Å²) in [5.74, 6) is -0.369. The third kappa shape index (κ3) is 4.58. The van der Waals surface area contributed by atoms with Crippen molar-refractivity contribution in [3.05, 3.63) is 84.1 Å². The summed E-state index contributed by atoms with van der Waals surface area (Å²) in [5.41, 5.74) is 1.60. The number of carbonyl (C=O) groups is 2. The molecule has 0 spiro atoms. The van der Waals surface area contributed by atoms with Gasteiger partial charge in [-0.25, -0.2) is 4.98 Å². The second-order valence-electron chi connectivity index (χ2n) is 6.55. The topological polar surface area (TPSA) is 71.1 Å². The molecule has 0 atom stereocenters. The lowest BCUT2D eigenvalue weighted by atomic mass is 10.1. The van der Waals surface area contributed by atoms with Crippen LogP contribution in [0.4, 0.5) is 5.69 Å². The Bertz CT molecular complexity index is 1000. The van der Waals surface area contributed by atoms with Gasteiger partial charge in [-0.05, 0) is 55.3 Å². The van der Waals surface area contributed by atoms with Crippen molar-refractivity contribution in [2.24, 2.45) is 0 Å². The van der Waals surface area contributed by atoms with Gasteiger partial charge in [0.1, 0.15) is 5.03 Å². The van der Waals surface area contributed by atoms with Gasteiger partial charge in [0.05, 0.1) is 5.56 Å². The molecule has 5 nitrogen and oxygen atoms in total. The molecule has 2 N–H and O–H groups in total. The highest BCUT2D eigenvalue weighted by Crippen LogP contribution is 2.29. The van der Waals surface area contributed by atoms with Gasteiger partial charge in [0.15, 0.2) is 0 Å². The van der Waals surface area contributed by atoms with E-state index in [9.17, 15) is 9.59 Å². The average molecular weight is 389 g/mol. The first-order valence-electron chi connectivity index (χ1n) is 9.09. The molecule has 2 aromatic carbocycles. The van der Waals surface area contributed by atoms with Crippen LogP contribution in [0.25, 0.3) is 0 Å². The number of rotatable bonds is 6. The standard InChI is InChI=1S/C22H19N3O2S/c26-20(24-16-11-12-16)15-6-4-7-17(14-15)25-21(27)19-10-5-13-23-22(19)28-18-8-2-1-3-9-18/h1-10,13-14,16H,11-12H2,(H,24,26)(H,25,27). The van der Waals surface area contributed by atoms with Gasteiger partial charge in [0.25, 0.3) is 11.8 Å². The highest BCUT2D eigenvalue weighted by molar-refractivity contribution is 7.99. The zero-order chi connectivity index (χ0) is 19.3. The molecule has 28 heavy (non-hydrogen) atoms. The number of aromatic nitrogens is 1. The fourth-order valence-corrected chi connectivity index (χ4v) is 3.58. The molecule has 1 heterocycles. The summed E-state index contributed by atoms with van der Waals surface area (Å²) < 4.78 is 0. The van der Waals surface area contributed by atoms with E-state index in [0.717, 1.165) is 17.7 Å². The van der Waals surface area contributed by atoms with E-state index in [4.69, 9.17) is 0 Å². The number of hydrogen-bond acceptors (Lipinski definition) is 4. The Labute approximate surface area is 167 Å². The molecule has 2 amide bonds. The minimum absolute atomic E-state index is 0.111. The molecule has 1 fully saturated rings. The van der Waals surface area contributed by atoms with Crippen LogP contribution in [-0.4, -0.2) is 22.8 Å². The van der Waals surface area contributed by atoms with Crippen molar-refractivity contribution in [3.8, 4) is 0 Å². The van der Waals surface area contributed by atoms with E-state index in [2.05, 4.69) is 15.6 Å². The van der Waals surface area contributed by atoms with Crippen LogP contribution in [0.5, 0.6) is 0 Å². The molecule has 1 aromatic heterocycles. The van der Waals surface area contributed by atoms with Crippen LogP contribution >= 0.6 is 11.8 Å². The van der Waals surface area contributed by atoms with Gasteiger partial charge in [0, 0.05) is 28.4 Å². The van der Waals surface area contributed by atoms with Gasteiger partial charge in [0.2, 0.25) is 0 Å². The SMILES string of the molecule is O=C(NC1CC1)c1cccc(NC(=O)c2cccnc2Sc2ccccc2)c1. The third-order valence-electron chi connectivity index (χ3n) is 4.27. The summed E-state index contributed by atoms with van der Waals surface area (Å²) in [4.78, 5) is 30.4. The summed E-state index contributed by atoms with van der Waals surface area (Å²) in [7, 11) is 0. The van der Waals surface area contributed by atoms with Crippen molar-refractivity contribution in [2.75, 3.05) is 5.32 Å². The van der Waals surface area contributed by atoms with Crippen LogP contribution in [0.2, 0.25) is 0 Å². The van der Waals surface area contributed by atoms with Gasteiger partial charge in [-0.15, -0.1) is 0 Å². The number of pyridine rings is 1. The minimum Gasteiger partial charge on any atom is -0.349 e. The first-order chi connectivity index (χ1) is 13.7. The van der Waals surface area contributed by atoms with Crippen molar-refractivity contribution < 1.29 is 9.59 Å². The molecule has 0 aliphatic heterocycles. The maximum absolute atomic E-state index is 12.8. The van der Waals surface area contributed by atoms with E-state index in [1.165, 1.54) is 11.8 Å². The highest BCUT2D eigenvalue weighted by Gasteiger charge is 2.24. The summed E-state index contributed by atoms with van der Waals surface area (Å²) in [5, 5.41) is 6.46. The Morgan fingerprint density at radius 1 is 0.929 bits per heavy atom. The van der Waals surface area contributed by atoms with Crippen molar-refractivity contribution in [2.45, 2.75) is 28.8 Å². The molecule has 1 aliphatic carbocycles. The van der Waals surface area contributed by atoms with Gasteiger partial charge in [-0.1, -0.05) is 36.0 Å². The number of nitrogens with one attached hydrogen (secondary N) is 2. The first kappa shape index (κ1) is 18.3. The quantitative estimate of drug-likeness (QED) is 0.656. The van der Waals surface area contributed by atoms with Gasteiger partial charge in [-0.3, -0.25) is 9.59 Å². The van der Waals surface area contributed by atoms with Crippen LogP contribution in [0.1, 0.15) is 33.6 Å². The molecule has 4 rings (SSSR count). The minimum atomic E-state index is -0.258. The Morgan fingerprint density at radius 2 is 1.75 bits per heavy atom. The lowest BCUT2D eigenvalue weighted by Gasteiger charge is -2.10. The normalized spacial score (nSPS) is 13.0. The largest absolute Gasteiger partial charge is 0.349 e. The lowest BCUT2D eigenvalue weighted by molar-refractivity contribution is 0.0949. The molecule has 0 bridgehead atoms. The molecule has 0 unspecified atom stereocenters. The number of anilines is 1. The first-order valence-corrected chi connectivity index (χ1v) is 9.91. The van der Waals surface area contributed by atoms with Gasteiger partial charge >= 0.3 is 0 Å². The number of hydrogen-bond donors (Lipinski definition) is 2. The van der Waals surface area contributed by atoms with E-state index in [1.54, 1.807) is 42.6 Å². The fourth-order valence-electron chi connectivity index (χ4n) is 2.68. The molecular weight excluding hydrogens is 370 g/mol. The maximum atomic E-state index is 12.8. The predicted molar refractivity (Wildman–Crippen MR) is 110 cm³/mol. The van der Waals surface area contributed by atoms with Crippen molar-refractivity contribution >= 4 is 29.3 Å². The van der Waals surface area contributed by atoms with Crippen LogP contribution < -0.4 is 10.6 Å². The number of nitrogens with zero attached hydrogens (tertiary/aromatic N) is 1. The van der Waals surface area contributed by atoms with Gasteiger partial charge in [-0.2, -0.15) is 0 Å². The number of benzene rings is 2. The van der Waals surface area contributed by atoms with E-state index in [0.29, 0.717) is 27.9 Å². The van der Waals surface area contributed by atoms with E-state index < -0.39 is 0 Å². The van der Waals surface area contributed by atoms with E-state index >= 15 is 0 Å². The number of carbonyl (C=O) groups excluding carboxylic acids is 2. The molecule has 1 aliphatic rings. The lowest BCUT2D eigenvalue weighted by Crippen LogP contribution is -2.25. The molecule has 1 saturated carbocycles. The Hall–Kier alpha value is -3.12. The third-order valence-corrected chi connectivity index (χ3v) is 5.30. The second-order valence-corrected chi connectivity index (χ2v) is 7.62. The monoisotopic (exact) mass is 389 g/mol. The van der Waals surface area contributed by atoms with Crippen LogP contribution in [0, 0.1) is 0 Å². The highest BCUT2D eigenvalue weighted by atomic mass is 32.2. The van der Waals surface area contributed by atoms with Gasteiger partial charge < -0.3 is 10.6 Å². The second kappa shape index (κ2) is 8.27. The zero-order valence-corrected chi connectivity index (χ0v) is 15.9. The van der Waals surface area contributed by atoms with Crippen molar-refractivity contribution in [1.29, 1.82) is 0 Å². The van der Waals surface area contributed by atoms with E-state index in [-0.39, 0.29) is 11.8 Å². The maximum Gasteiger partial charge on any atom is 0.258 e. The Morgan fingerprint density at radius 3 is 2.54 bits per heavy atom. The zero-order valence-electron chi connectivity index (χ0n) is 15.1. The molecule has 3 aromatic rings. The molecule has 0 saturated heterocycles. The molecule has 6 heteroatoms.